The molecular weight excluding hydrogens is 448 g/mol. The van der Waals surface area contributed by atoms with E-state index in [2.05, 4.69) is 30.7 Å². The first-order chi connectivity index (χ1) is 17.0. The lowest BCUT2D eigenvalue weighted by atomic mass is 9.84. The van der Waals surface area contributed by atoms with E-state index in [1.54, 1.807) is 23.9 Å². The average Bonchev–Trinajstić information content (AvgIpc) is 3.35. The van der Waals surface area contributed by atoms with Gasteiger partial charge in [0, 0.05) is 12.6 Å². The second kappa shape index (κ2) is 11.8. The van der Waals surface area contributed by atoms with Crippen LogP contribution >= 0.6 is 0 Å². The maximum atomic E-state index is 12.8. The molecule has 1 amide bonds. The summed E-state index contributed by atoms with van der Waals surface area (Å²) in [7, 11) is 0. The van der Waals surface area contributed by atoms with Crippen molar-refractivity contribution in [3.63, 3.8) is 0 Å². The summed E-state index contributed by atoms with van der Waals surface area (Å²) in [5.41, 5.74) is 7.55. The zero-order chi connectivity index (χ0) is 24.6. The van der Waals surface area contributed by atoms with Crippen LogP contribution in [0.25, 0.3) is 11.5 Å². The van der Waals surface area contributed by atoms with E-state index in [4.69, 9.17) is 15.6 Å². The van der Waals surface area contributed by atoms with Crippen molar-refractivity contribution in [3.05, 3.63) is 47.4 Å². The van der Waals surface area contributed by atoms with Gasteiger partial charge in [0.05, 0.1) is 13.2 Å². The predicted molar refractivity (Wildman–Crippen MR) is 128 cm³/mol. The summed E-state index contributed by atoms with van der Waals surface area (Å²) in [4.78, 5) is 23.0. The van der Waals surface area contributed by atoms with Crippen molar-refractivity contribution < 1.29 is 14.6 Å². The van der Waals surface area contributed by atoms with Gasteiger partial charge in [-0.3, -0.25) is 4.79 Å². The number of amides is 1. The van der Waals surface area contributed by atoms with Crippen LogP contribution in [-0.2, 0) is 13.1 Å². The second-order valence-electron chi connectivity index (χ2n) is 8.87. The number of nitrogens with zero attached hydrogens (tertiary/aromatic N) is 6. The van der Waals surface area contributed by atoms with Crippen LogP contribution in [0.5, 0.6) is 5.75 Å². The third kappa shape index (κ3) is 7.03. The first-order valence-corrected chi connectivity index (χ1v) is 12.0. The Morgan fingerprint density at radius 3 is 2.86 bits per heavy atom. The predicted octanol–water partition coefficient (Wildman–Crippen LogP) is 1.65. The number of tetrazole rings is 1. The number of aryl methyl sites for hydroxylation is 2. The number of hydrogen-bond acceptors (Lipinski definition) is 9. The van der Waals surface area contributed by atoms with Crippen molar-refractivity contribution in [1.29, 1.82) is 0 Å². The molecule has 0 atom stereocenters. The van der Waals surface area contributed by atoms with E-state index in [0.717, 1.165) is 37.7 Å². The number of carbonyl (C=O) groups is 1. The molecule has 2 aromatic heterocycles. The van der Waals surface area contributed by atoms with Gasteiger partial charge in [0.25, 0.3) is 5.91 Å². The molecule has 11 nitrogen and oxygen atoms in total. The van der Waals surface area contributed by atoms with Crippen LogP contribution in [0, 0.1) is 12.8 Å². The lowest BCUT2D eigenvalue weighted by molar-refractivity contribution is 0.0945. The van der Waals surface area contributed by atoms with Crippen molar-refractivity contribution in [2.24, 2.45) is 11.7 Å². The Bertz CT molecular complexity index is 1130. The minimum Gasteiger partial charge on any atom is -0.491 e. The Morgan fingerprint density at radius 2 is 2.06 bits per heavy atom. The van der Waals surface area contributed by atoms with Gasteiger partial charge in [-0.25, -0.2) is 9.97 Å². The molecule has 0 unspecified atom stereocenters. The molecule has 186 valence electrons. The molecule has 1 aliphatic rings. The van der Waals surface area contributed by atoms with Gasteiger partial charge < -0.3 is 20.9 Å². The van der Waals surface area contributed by atoms with Crippen LogP contribution in [0.15, 0.2) is 30.3 Å². The van der Waals surface area contributed by atoms with Crippen LogP contribution < -0.4 is 15.8 Å². The van der Waals surface area contributed by atoms with Crippen molar-refractivity contribution in [2.75, 3.05) is 13.2 Å². The summed E-state index contributed by atoms with van der Waals surface area (Å²) >= 11 is 0. The molecule has 1 saturated carbocycles. The number of ether oxygens (including phenoxy) is 1. The van der Waals surface area contributed by atoms with Crippen molar-refractivity contribution in [3.8, 4) is 17.3 Å². The molecule has 0 bridgehead atoms. The Hall–Kier alpha value is -3.44. The fourth-order valence-electron chi connectivity index (χ4n) is 4.20. The van der Waals surface area contributed by atoms with Gasteiger partial charge >= 0.3 is 0 Å². The molecule has 1 fully saturated rings. The topological polar surface area (TPSA) is 154 Å². The normalized spacial score (nSPS) is 17.8. The lowest BCUT2D eigenvalue weighted by Gasteiger charge is -2.25. The minimum absolute atomic E-state index is 0.0608. The number of aromatic nitrogens is 6. The van der Waals surface area contributed by atoms with Crippen LogP contribution in [0.4, 0.5) is 0 Å². The van der Waals surface area contributed by atoms with Crippen molar-refractivity contribution >= 4 is 5.91 Å². The Labute approximate surface area is 204 Å². The summed E-state index contributed by atoms with van der Waals surface area (Å²) in [6.07, 6.45) is 5.44. The quantitative estimate of drug-likeness (QED) is 0.393. The lowest BCUT2D eigenvalue weighted by Crippen LogP contribution is -2.27. The fourth-order valence-corrected chi connectivity index (χ4v) is 4.20. The van der Waals surface area contributed by atoms with E-state index in [0.29, 0.717) is 48.1 Å². The van der Waals surface area contributed by atoms with Gasteiger partial charge in [-0.05, 0) is 73.9 Å². The number of aliphatic hydroxyl groups is 1. The number of benzene rings is 1. The van der Waals surface area contributed by atoms with E-state index in [-0.39, 0.29) is 24.8 Å². The third-order valence-corrected chi connectivity index (χ3v) is 6.09. The number of nitrogens with two attached hydrogens (primary N) is 1. The van der Waals surface area contributed by atoms with Gasteiger partial charge in [0.2, 0.25) is 5.82 Å². The molecule has 1 aliphatic carbocycles. The maximum Gasteiger partial charge on any atom is 0.270 e. The smallest absolute Gasteiger partial charge is 0.270 e. The van der Waals surface area contributed by atoms with E-state index < -0.39 is 0 Å². The summed E-state index contributed by atoms with van der Waals surface area (Å²) in [5, 5.41) is 24.5. The van der Waals surface area contributed by atoms with E-state index >= 15 is 0 Å². The van der Waals surface area contributed by atoms with Crippen LogP contribution in [0.3, 0.4) is 0 Å². The average molecular weight is 481 g/mol. The highest BCUT2D eigenvalue weighted by atomic mass is 16.5. The van der Waals surface area contributed by atoms with Crippen molar-refractivity contribution in [2.45, 2.75) is 58.2 Å². The minimum atomic E-state index is -0.332. The Balaban J connectivity index is 1.36. The van der Waals surface area contributed by atoms with Crippen LogP contribution in [0.2, 0.25) is 0 Å². The molecule has 0 radical (unpaired) electrons. The van der Waals surface area contributed by atoms with E-state index in [1.165, 1.54) is 0 Å². The molecule has 0 saturated heterocycles. The Morgan fingerprint density at radius 1 is 1.23 bits per heavy atom. The first-order valence-electron chi connectivity index (χ1n) is 12.0. The molecular formula is C24H32N8O3. The Kier molecular flexibility index (Phi) is 8.32. The number of hydrogen-bond donors (Lipinski definition) is 3. The molecule has 0 aliphatic heterocycles. The third-order valence-electron chi connectivity index (χ3n) is 6.09. The van der Waals surface area contributed by atoms with E-state index in [9.17, 15) is 4.79 Å². The van der Waals surface area contributed by atoms with Gasteiger partial charge in [0.1, 0.15) is 29.6 Å². The highest BCUT2D eigenvalue weighted by Crippen LogP contribution is 2.26. The molecule has 11 heteroatoms. The molecule has 1 aromatic carbocycles. The molecule has 2 heterocycles. The van der Waals surface area contributed by atoms with E-state index in [1.807, 2.05) is 18.2 Å². The number of aliphatic hydroxyl groups excluding tert-OH is 1. The van der Waals surface area contributed by atoms with Gasteiger partial charge in [-0.15, -0.1) is 10.2 Å². The number of rotatable bonds is 10. The highest BCUT2D eigenvalue weighted by Gasteiger charge is 2.19. The monoisotopic (exact) mass is 480 g/mol. The summed E-state index contributed by atoms with van der Waals surface area (Å²) < 4.78 is 5.42. The van der Waals surface area contributed by atoms with Crippen LogP contribution in [-0.4, -0.2) is 60.4 Å². The SMILES string of the molecule is Cc1nc(C(=O)NCc2cccc(OCCO)c2)cc(-c2nnn(CCC3CCC(N)CC3)n2)n1. The molecule has 4 N–H and O–H groups in total. The van der Waals surface area contributed by atoms with Gasteiger partial charge in [0.15, 0.2) is 0 Å². The van der Waals surface area contributed by atoms with Crippen LogP contribution in [0.1, 0.15) is 54.0 Å². The zero-order valence-corrected chi connectivity index (χ0v) is 19.9. The van der Waals surface area contributed by atoms with Gasteiger partial charge in [-0.1, -0.05) is 12.1 Å². The first kappa shape index (κ1) is 24.7. The molecule has 0 spiro atoms. The molecule has 3 aromatic rings. The fraction of sp³-hybridized carbons (Fsp3) is 0.500. The summed E-state index contributed by atoms with van der Waals surface area (Å²) in [6, 6.07) is 9.24. The van der Waals surface area contributed by atoms with Crippen molar-refractivity contribution in [1.82, 2.24) is 35.5 Å². The molecule has 35 heavy (non-hydrogen) atoms. The summed E-state index contributed by atoms with van der Waals surface area (Å²) in [6.45, 7) is 2.86. The second-order valence-corrected chi connectivity index (χ2v) is 8.87. The largest absolute Gasteiger partial charge is 0.491 e. The summed E-state index contributed by atoms with van der Waals surface area (Å²) in [5.74, 6) is 1.75. The number of nitrogens with one attached hydrogen (secondary N) is 1. The highest BCUT2D eigenvalue weighted by molar-refractivity contribution is 5.93. The maximum absolute atomic E-state index is 12.8. The molecule has 4 rings (SSSR count). The number of carbonyl (C=O) groups excluding carboxylic acids is 1. The van der Waals surface area contributed by atoms with Gasteiger partial charge in [-0.2, -0.15) is 4.80 Å². The standard InChI is InChI=1S/C24H32N8O3/c1-16-27-21(23-29-31-32(30-23)10-9-17-5-7-19(25)8-6-17)14-22(28-16)24(34)26-15-18-3-2-4-20(13-18)35-12-11-33/h2-4,13-14,17,19,33H,5-12,15,25H2,1H3,(H,26,34). The zero-order valence-electron chi connectivity index (χ0n) is 19.9.